The zero-order valence-electron chi connectivity index (χ0n) is 11.6. The molecule has 1 atom stereocenters. The van der Waals surface area contributed by atoms with Crippen LogP contribution in [-0.2, 0) is 0 Å². The molecule has 1 nitrogen and oxygen atoms in total. The minimum absolute atomic E-state index is 0.350. The number of rotatable bonds is 2. The normalized spacial score (nSPS) is 12.6. The highest BCUT2D eigenvalue weighted by Crippen LogP contribution is 2.36. The second-order valence-electron chi connectivity index (χ2n) is 5.13. The Hall–Kier alpha value is -1.54. The first kappa shape index (κ1) is 14.4. The minimum atomic E-state index is -0.350. The predicted octanol–water partition coefficient (Wildman–Crippen LogP) is 5.50. The Morgan fingerprint density at radius 3 is 2.19 bits per heavy atom. The van der Waals surface area contributed by atoms with Crippen LogP contribution in [0.1, 0.15) is 22.7 Å². The smallest absolute Gasteiger partial charge is 0.0590 e. The lowest BCUT2D eigenvalue weighted by Gasteiger charge is -2.20. The molecule has 0 heterocycles. The van der Waals surface area contributed by atoms with E-state index in [0.717, 1.165) is 27.5 Å². The van der Waals surface area contributed by atoms with Crippen LogP contribution in [0.5, 0.6) is 0 Å². The summed E-state index contributed by atoms with van der Waals surface area (Å²) in [6, 6.07) is 17.5. The average molecular weight is 316 g/mol. The second kappa shape index (κ2) is 5.69. The first-order valence-corrected chi connectivity index (χ1v) is 7.53. The molecular weight excluding hydrogens is 301 g/mol. The van der Waals surface area contributed by atoms with Crippen LogP contribution in [0.3, 0.4) is 0 Å². The maximum absolute atomic E-state index is 6.52. The van der Waals surface area contributed by atoms with Crippen LogP contribution in [-0.4, -0.2) is 0 Å². The number of nitrogens with two attached hydrogens (primary N) is 1. The van der Waals surface area contributed by atoms with Gasteiger partial charge in [-0.2, -0.15) is 0 Å². The molecule has 0 amide bonds. The average Bonchev–Trinajstić information content (AvgIpc) is 2.46. The molecule has 0 aliphatic rings. The van der Waals surface area contributed by atoms with E-state index in [4.69, 9.17) is 28.9 Å². The summed E-state index contributed by atoms with van der Waals surface area (Å²) in [5, 5.41) is 3.50. The summed E-state index contributed by atoms with van der Waals surface area (Å²) < 4.78 is 0. The maximum atomic E-state index is 6.52. The van der Waals surface area contributed by atoms with Crippen LogP contribution in [0.4, 0.5) is 0 Å². The van der Waals surface area contributed by atoms with Crippen molar-refractivity contribution in [3.63, 3.8) is 0 Å². The van der Waals surface area contributed by atoms with E-state index in [9.17, 15) is 0 Å². The summed E-state index contributed by atoms with van der Waals surface area (Å²) in [6.45, 7) is 2.06. The van der Waals surface area contributed by atoms with Crippen LogP contribution in [0.25, 0.3) is 10.8 Å². The van der Waals surface area contributed by atoms with Gasteiger partial charge in [-0.25, -0.2) is 0 Å². The molecule has 1 unspecified atom stereocenters. The number of hydrogen-bond donors (Lipinski definition) is 1. The number of halogens is 2. The molecule has 0 saturated carbocycles. The van der Waals surface area contributed by atoms with Gasteiger partial charge in [0.15, 0.2) is 0 Å². The molecule has 3 aromatic carbocycles. The van der Waals surface area contributed by atoms with Crippen molar-refractivity contribution >= 4 is 34.0 Å². The van der Waals surface area contributed by atoms with Crippen molar-refractivity contribution in [1.29, 1.82) is 0 Å². The highest BCUT2D eigenvalue weighted by atomic mass is 35.5. The number of hydrogen-bond acceptors (Lipinski definition) is 1. The van der Waals surface area contributed by atoms with E-state index in [2.05, 4.69) is 31.2 Å². The van der Waals surface area contributed by atoms with Crippen LogP contribution >= 0.6 is 23.2 Å². The van der Waals surface area contributed by atoms with Gasteiger partial charge in [-0.3, -0.25) is 0 Å². The summed E-state index contributed by atoms with van der Waals surface area (Å²) in [7, 11) is 0. The molecule has 0 aliphatic carbocycles. The summed E-state index contributed by atoms with van der Waals surface area (Å²) in [5.74, 6) is 0. The molecule has 0 bridgehead atoms. The van der Waals surface area contributed by atoms with Gasteiger partial charge in [0.25, 0.3) is 0 Å². The Bertz CT molecular complexity index is 791. The fraction of sp³-hybridized carbons (Fsp3) is 0.111. The van der Waals surface area contributed by atoms with Crippen molar-refractivity contribution < 1.29 is 0 Å². The first-order chi connectivity index (χ1) is 10.1. The van der Waals surface area contributed by atoms with Gasteiger partial charge in [-0.1, -0.05) is 65.7 Å². The van der Waals surface area contributed by atoms with Crippen molar-refractivity contribution in [3.8, 4) is 0 Å². The van der Waals surface area contributed by atoms with E-state index >= 15 is 0 Å². The highest BCUT2D eigenvalue weighted by molar-refractivity contribution is 6.36. The van der Waals surface area contributed by atoms with Crippen molar-refractivity contribution in [3.05, 3.63) is 81.3 Å². The van der Waals surface area contributed by atoms with Crippen LogP contribution in [0.2, 0.25) is 10.0 Å². The van der Waals surface area contributed by atoms with Gasteiger partial charge in [-0.15, -0.1) is 0 Å². The maximum Gasteiger partial charge on any atom is 0.0590 e. The topological polar surface area (TPSA) is 26.0 Å². The Morgan fingerprint density at radius 2 is 1.48 bits per heavy atom. The molecule has 21 heavy (non-hydrogen) atoms. The fourth-order valence-corrected chi connectivity index (χ4v) is 3.40. The van der Waals surface area contributed by atoms with Crippen molar-refractivity contribution in [2.24, 2.45) is 5.73 Å². The summed E-state index contributed by atoms with van der Waals surface area (Å²) in [4.78, 5) is 0. The monoisotopic (exact) mass is 315 g/mol. The molecule has 0 saturated heterocycles. The van der Waals surface area contributed by atoms with Crippen molar-refractivity contribution in [2.75, 3.05) is 0 Å². The molecule has 0 radical (unpaired) electrons. The zero-order chi connectivity index (χ0) is 15.0. The van der Waals surface area contributed by atoms with Gasteiger partial charge in [0, 0.05) is 15.6 Å². The van der Waals surface area contributed by atoms with E-state index in [0.29, 0.717) is 10.0 Å². The van der Waals surface area contributed by atoms with E-state index in [1.165, 1.54) is 0 Å². The summed E-state index contributed by atoms with van der Waals surface area (Å²) in [6.07, 6.45) is 0. The fourth-order valence-electron chi connectivity index (χ4n) is 2.77. The minimum Gasteiger partial charge on any atom is -0.320 e. The second-order valence-corrected chi connectivity index (χ2v) is 5.94. The molecule has 0 spiro atoms. The number of benzene rings is 3. The summed E-state index contributed by atoms with van der Waals surface area (Å²) in [5.41, 5.74) is 9.50. The Balaban J connectivity index is 2.27. The molecule has 3 rings (SSSR count). The SMILES string of the molecule is Cc1ccc2ccccc2c1C(N)c1c(Cl)cccc1Cl. The third-order valence-corrected chi connectivity index (χ3v) is 4.47. The molecular formula is C18H15Cl2N. The highest BCUT2D eigenvalue weighted by Gasteiger charge is 2.19. The molecule has 3 aromatic rings. The van der Waals surface area contributed by atoms with Crippen LogP contribution < -0.4 is 5.73 Å². The van der Waals surface area contributed by atoms with Crippen molar-refractivity contribution in [1.82, 2.24) is 0 Å². The lowest BCUT2D eigenvalue weighted by Crippen LogP contribution is -2.15. The third kappa shape index (κ3) is 2.53. The number of fused-ring (bicyclic) bond motifs is 1. The lowest BCUT2D eigenvalue weighted by molar-refractivity contribution is 0.872. The van der Waals surface area contributed by atoms with Gasteiger partial charge in [-0.05, 0) is 41.0 Å². The Morgan fingerprint density at radius 1 is 0.810 bits per heavy atom. The molecule has 106 valence electrons. The van der Waals surface area contributed by atoms with Crippen molar-refractivity contribution in [2.45, 2.75) is 13.0 Å². The number of aryl methyl sites for hydroxylation is 1. The van der Waals surface area contributed by atoms with E-state index in [-0.39, 0.29) is 6.04 Å². The lowest BCUT2D eigenvalue weighted by atomic mass is 9.90. The predicted molar refractivity (Wildman–Crippen MR) is 91.2 cm³/mol. The van der Waals surface area contributed by atoms with Gasteiger partial charge in [0.2, 0.25) is 0 Å². The molecule has 2 N–H and O–H groups in total. The van der Waals surface area contributed by atoms with E-state index in [1.54, 1.807) is 0 Å². The Kier molecular flexibility index (Phi) is 3.90. The van der Waals surface area contributed by atoms with E-state index < -0.39 is 0 Å². The standard InChI is InChI=1S/C18H15Cl2N/c1-11-9-10-12-5-2-3-6-13(12)16(11)18(21)17-14(19)7-4-8-15(17)20/h2-10,18H,21H2,1H3. The molecule has 0 aromatic heterocycles. The van der Waals surface area contributed by atoms with Crippen LogP contribution in [0, 0.1) is 6.92 Å². The zero-order valence-corrected chi connectivity index (χ0v) is 13.1. The van der Waals surface area contributed by atoms with Gasteiger partial charge in [0.1, 0.15) is 0 Å². The Labute approximate surface area is 134 Å². The van der Waals surface area contributed by atoms with E-state index in [1.807, 2.05) is 30.3 Å². The van der Waals surface area contributed by atoms with Gasteiger partial charge >= 0.3 is 0 Å². The quantitative estimate of drug-likeness (QED) is 0.663. The first-order valence-electron chi connectivity index (χ1n) is 6.77. The molecule has 0 fully saturated rings. The van der Waals surface area contributed by atoms with Gasteiger partial charge < -0.3 is 5.73 Å². The van der Waals surface area contributed by atoms with Gasteiger partial charge in [0.05, 0.1) is 6.04 Å². The van der Waals surface area contributed by atoms with Crippen LogP contribution in [0.15, 0.2) is 54.6 Å². The molecule has 3 heteroatoms. The largest absolute Gasteiger partial charge is 0.320 e. The third-order valence-electron chi connectivity index (χ3n) is 3.81. The molecule has 0 aliphatic heterocycles. The summed E-state index contributed by atoms with van der Waals surface area (Å²) >= 11 is 12.6.